The number of thiophene rings is 1. The summed E-state index contributed by atoms with van der Waals surface area (Å²) in [6.07, 6.45) is 1.81. The van der Waals surface area contributed by atoms with Crippen molar-refractivity contribution in [1.82, 2.24) is 9.62 Å². The topological polar surface area (TPSA) is 127 Å². The van der Waals surface area contributed by atoms with Crippen LogP contribution in [0.5, 0.6) is 0 Å². The zero-order valence-electron chi connectivity index (χ0n) is 15.7. The highest BCUT2D eigenvalue weighted by Gasteiger charge is 2.33. The summed E-state index contributed by atoms with van der Waals surface area (Å²) in [5.74, 6) is -0.555. The number of hydrogen-bond acceptors (Lipinski definition) is 6. The number of nitrogens with one attached hydrogen (secondary N) is 1. The van der Waals surface area contributed by atoms with Crippen molar-refractivity contribution in [2.24, 2.45) is 11.1 Å². The minimum absolute atomic E-state index is 0.0412. The Morgan fingerprint density at radius 1 is 1.17 bits per heavy atom. The van der Waals surface area contributed by atoms with Crippen molar-refractivity contribution < 1.29 is 21.6 Å². The van der Waals surface area contributed by atoms with Gasteiger partial charge in [0.15, 0.2) is 0 Å². The second kappa shape index (κ2) is 8.92. The number of amides is 1. The Morgan fingerprint density at radius 2 is 1.90 bits per heavy atom. The number of hydrogen-bond donors (Lipinski definition) is 2. The van der Waals surface area contributed by atoms with Gasteiger partial charge in [0.05, 0.1) is 10.8 Å². The van der Waals surface area contributed by atoms with Crippen LogP contribution in [0.15, 0.2) is 50.9 Å². The van der Waals surface area contributed by atoms with Crippen LogP contribution in [0.4, 0.5) is 0 Å². The number of nitrogens with two attached hydrogens (primary N) is 1. The number of benzene rings is 1. The van der Waals surface area contributed by atoms with Crippen molar-refractivity contribution in [2.75, 3.05) is 19.6 Å². The van der Waals surface area contributed by atoms with Crippen LogP contribution in [-0.4, -0.2) is 46.7 Å². The molecule has 1 aliphatic heterocycles. The van der Waals surface area contributed by atoms with E-state index in [4.69, 9.17) is 5.14 Å². The molecule has 2 aromatic rings. The van der Waals surface area contributed by atoms with Gasteiger partial charge in [-0.2, -0.15) is 4.31 Å². The number of carbonyl (C=O) groups excluding carboxylic acids is 1. The van der Waals surface area contributed by atoms with E-state index in [2.05, 4.69) is 5.32 Å². The number of piperidine rings is 1. The van der Waals surface area contributed by atoms with Crippen molar-refractivity contribution in [3.63, 3.8) is 0 Å². The van der Waals surface area contributed by atoms with Crippen LogP contribution in [0, 0.1) is 5.92 Å². The lowest BCUT2D eigenvalue weighted by molar-refractivity contribution is -0.126. The monoisotopic (exact) mass is 457 g/mol. The van der Waals surface area contributed by atoms with Gasteiger partial charge < -0.3 is 5.32 Å². The van der Waals surface area contributed by atoms with Gasteiger partial charge in [-0.3, -0.25) is 4.79 Å². The lowest BCUT2D eigenvalue weighted by Crippen LogP contribution is -2.45. The Morgan fingerprint density at radius 3 is 2.52 bits per heavy atom. The predicted octanol–water partition coefficient (Wildman–Crippen LogP) is 1.16. The summed E-state index contributed by atoms with van der Waals surface area (Å²) < 4.78 is 49.6. The maximum atomic E-state index is 12.7. The molecule has 2 heterocycles. The molecular weight excluding hydrogens is 434 g/mol. The standard InChI is InChI=1S/C18H23N3O5S3/c19-28(23,24)16-7-5-14(6-8-16)9-10-20-18(22)15-3-1-11-21(13-15)29(25,26)17-4-2-12-27-17/h2,4-8,12,15H,1,3,9-11,13H2,(H,20,22)(H2,19,23,24). The largest absolute Gasteiger partial charge is 0.355 e. The van der Waals surface area contributed by atoms with Crippen LogP contribution >= 0.6 is 11.3 Å². The summed E-state index contributed by atoms with van der Waals surface area (Å²) in [6, 6.07) is 9.44. The van der Waals surface area contributed by atoms with Gasteiger partial charge in [0.1, 0.15) is 4.21 Å². The van der Waals surface area contributed by atoms with Crippen LogP contribution in [0.3, 0.4) is 0 Å². The highest BCUT2D eigenvalue weighted by atomic mass is 32.2. The fraction of sp³-hybridized carbons (Fsp3) is 0.389. The van der Waals surface area contributed by atoms with E-state index in [1.165, 1.54) is 27.8 Å². The van der Waals surface area contributed by atoms with E-state index in [9.17, 15) is 21.6 Å². The van der Waals surface area contributed by atoms with E-state index in [1.54, 1.807) is 29.6 Å². The van der Waals surface area contributed by atoms with Gasteiger partial charge in [0, 0.05) is 19.6 Å². The van der Waals surface area contributed by atoms with E-state index >= 15 is 0 Å². The molecule has 1 unspecified atom stereocenters. The molecule has 3 N–H and O–H groups in total. The second-order valence-corrected chi connectivity index (χ2v) is 11.5. The molecule has 3 rings (SSSR count). The molecule has 1 amide bonds. The van der Waals surface area contributed by atoms with Crippen LogP contribution in [0.2, 0.25) is 0 Å². The third-order valence-electron chi connectivity index (χ3n) is 4.81. The predicted molar refractivity (Wildman–Crippen MR) is 110 cm³/mol. The molecule has 0 saturated carbocycles. The molecule has 1 aromatic carbocycles. The molecule has 0 radical (unpaired) electrons. The minimum Gasteiger partial charge on any atom is -0.355 e. The minimum atomic E-state index is -3.72. The smallest absolute Gasteiger partial charge is 0.252 e. The molecule has 0 aliphatic carbocycles. The number of rotatable bonds is 7. The molecule has 11 heteroatoms. The van der Waals surface area contributed by atoms with Crippen LogP contribution in [0.1, 0.15) is 18.4 Å². The second-order valence-electron chi connectivity index (χ2n) is 6.86. The lowest BCUT2D eigenvalue weighted by Gasteiger charge is -2.30. The zero-order chi connectivity index (χ0) is 21.1. The van der Waals surface area contributed by atoms with E-state index in [1.807, 2.05) is 0 Å². The van der Waals surface area contributed by atoms with Crippen molar-refractivity contribution in [1.29, 1.82) is 0 Å². The van der Waals surface area contributed by atoms with Crippen molar-refractivity contribution in [3.8, 4) is 0 Å². The normalized spacial score (nSPS) is 18.4. The fourth-order valence-electron chi connectivity index (χ4n) is 3.23. The van der Waals surface area contributed by atoms with Gasteiger partial charge in [0.25, 0.3) is 10.0 Å². The van der Waals surface area contributed by atoms with Gasteiger partial charge >= 0.3 is 0 Å². The molecule has 1 saturated heterocycles. The average molecular weight is 458 g/mol. The first kappa shape index (κ1) is 21.9. The Kier molecular flexibility index (Phi) is 6.74. The summed E-state index contributed by atoms with van der Waals surface area (Å²) in [5.41, 5.74) is 0.864. The van der Waals surface area contributed by atoms with E-state index in [-0.39, 0.29) is 23.3 Å². The molecule has 1 atom stereocenters. The summed E-state index contributed by atoms with van der Waals surface area (Å²) in [7, 11) is -7.28. The summed E-state index contributed by atoms with van der Waals surface area (Å²) in [5, 5.41) is 9.64. The third-order valence-corrected chi connectivity index (χ3v) is 8.98. The molecule has 1 fully saturated rings. The fourth-order valence-corrected chi connectivity index (χ4v) is 6.42. The first-order chi connectivity index (χ1) is 13.7. The molecule has 29 heavy (non-hydrogen) atoms. The van der Waals surface area contributed by atoms with Crippen molar-refractivity contribution >= 4 is 37.3 Å². The summed E-state index contributed by atoms with van der Waals surface area (Å²) in [6.45, 7) is 0.970. The lowest BCUT2D eigenvalue weighted by atomic mass is 9.99. The molecule has 0 spiro atoms. The maximum Gasteiger partial charge on any atom is 0.252 e. The van der Waals surface area contributed by atoms with Crippen LogP contribution in [0.25, 0.3) is 0 Å². The Bertz CT molecular complexity index is 1050. The van der Waals surface area contributed by atoms with Gasteiger partial charge in [-0.05, 0) is 48.4 Å². The Balaban J connectivity index is 1.53. The van der Waals surface area contributed by atoms with Crippen molar-refractivity contribution in [3.05, 3.63) is 47.3 Å². The van der Waals surface area contributed by atoms with Gasteiger partial charge in [-0.25, -0.2) is 22.0 Å². The summed E-state index contributed by atoms with van der Waals surface area (Å²) >= 11 is 1.17. The number of carbonyl (C=O) groups is 1. The highest BCUT2D eigenvalue weighted by Crippen LogP contribution is 2.26. The van der Waals surface area contributed by atoms with Gasteiger partial charge in [0.2, 0.25) is 15.9 Å². The van der Waals surface area contributed by atoms with E-state index in [0.29, 0.717) is 36.6 Å². The van der Waals surface area contributed by atoms with E-state index < -0.39 is 20.0 Å². The quantitative estimate of drug-likeness (QED) is 0.645. The maximum absolute atomic E-state index is 12.7. The third kappa shape index (κ3) is 5.43. The van der Waals surface area contributed by atoms with Gasteiger partial charge in [-0.1, -0.05) is 18.2 Å². The molecular formula is C18H23N3O5S3. The Labute approximate surface area is 174 Å². The van der Waals surface area contributed by atoms with Crippen molar-refractivity contribution in [2.45, 2.75) is 28.4 Å². The number of sulfonamides is 2. The summed E-state index contributed by atoms with van der Waals surface area (Å²) in [4.78, 5) is 12.5. The number of primary sulfonamides is 1. The zero-order valence-corrected chi connectivity index (χ0v) is 18.1. The highest BCUT2D eigenvalue weighted by molar-refractivity contribution is 7.91. The SMILES string of the molecule is NS(=O)(=O)c1ccc(CCNC(=O)C2CCCN(S(=O)(=O)c3cccs3)C2)cc1. The average Bonchev–Trinajstić information content (AvgIpc) is 3.23. The van der Waals surface area contributed by atoms with E-state index in [0.717, 1.165) is 5.56 Å². The van der Waals surface area contributed by atoms with Crippen LogP contribution in [-0.2, 0) is 31.3 Å². The molecule has 1 aromatic heterocycles. The number of nitrogens with zero attached hydrogens (tertiary/aromatic N) is 1. The van der Waals surface area contributed by atoms with Crippen LogP contribution < -0.4 is 10.5 Å². The Hall–Kier alpha value is -1.79. The molecule has 0 bridgehead atoms. The molecule has 1 aliphatic rings. The molecule has 158 valence electrons. The first-order valence-electron chi connectivity index (χ1n) is 9.11. The first-order valence-corrected chi connectivity index (χ1v) is 13.0. The molecule has 8 nitrogen and oxygen atoms in total. The van der Waals surface area contributed by atoms with Gasteiger partial charge in [-0.15, -0.1) is 11.3 Å².